The molecule has 2 heterocycles. The van der Waals surface area contributed by atoms with E-state index in [1.54, 1.807) is 0 Å². The summed E-state index contributed by atoms with van der Waals surface area (Å²) in [6.07, 6.45) is 4.94. The van der Waals surface area contributed by atoms with Crippen LogP contribution in [0.2, 0.25) is 0 Å². The van der Waals surface area contributed by atoms with Gasteiger partial charge in [-0.3, -0.25) is 9.48 Å². The molecule has 152 valence electrons. The molecule has 1 fully saturated rings. The van der Waals surface area contributed by atoms with Gasteiger partial charge in [-0.2, -0.15) is 5.10 Å². The van der Waals surface area contributed by atoms with Crippen molar-refractivity contribution in [2.75, 3.05) is 19.6 Å². The largest absolute Gasteiger partial charge is 0.352 e. The predicted octanol–water partition coefficient (Wildman–Crippen LogP) is 3.85. The van der Waals surface area contributed by atoms with Crippen molar-refractivity contribution in [1.29, 1.82) is 0 Å². The van der Waals surface area contributed by atoms with Gasteiger partial charge in [-0.1, -0.05) is 36.2 Å². The Labute approximate surface area is 169 Å². The number of nitrogens with zero attached hydrogens (tertiary/aromatic N) is 3. The number of nitrogens with one attached hydrogen (secondary N) is 1. The molecule has 0 bridgehead atoms. The number of likely N-dealkylation sites (tertiary alicyclic amines) is 1. The van der Waals surface area contributed by atoms with Gasteiger partial charge in [0.1, 0.15) is 0 Å². The Morgan fingerprint density at radius 1 is 1.18 bits per heavy atom. The van der Waals surface area contributed by atoms with Crippen molar-refractivity contribution >= 4 is 5.91 Å². The fraction of sp³-hybridized carbons (Fsp3) is 0.565. The summed E-state index contributed by atoms with van der Waals surface area (Å²) in [6.45, 7) is 12.0. The lowest BCUT2D eigenvalue weighted by molar-refractivity contribution is 0.0947. The average molecular weight is 383 g/mol. The van der Waals surface area contributed by atoms with Crippen molar-refractivity contribution in [3.05, 3.63) is 52.3 Å². The summed E-state index contributed by atoms with van der Waals surface area (Å²) < 4.78 is 1.93. The van der Waals surface area contributed by atoms with Gasteiger partial charge in [-0.05, 0) is 59.1 Å². The zero-order chi connectivity index (χ0) is 20.1. The van der Waals surface area contributed by atoms with E-state index in [0.29, 0.717) is 19.1 Å². The molecule has 0 radical (unpaired) electrons. The fourth-order valence-electron chi connectivity index (χ4n) is 4.11. The highest BCUT2D eigenvalue weighted by molar-refractivity contribution is 5.96. The standard InChI is InChI=1S/C23H34N4O/c1-17-9-11-21(12-10-17)16-27-20(4)22(19(3)25-27)23(28)24-13-7-15-26-14-6-5-8-18(26)2/h9-12,18H,5-8,13-16H2,1-4H3,(H,24,28)/t18-/m0/s1. The Bertz CT molecular complexity index is 794. The first kappa shape index (κ1) is 20.6. The van der Waals surface area contributed by atoms with Crippen molar-refractivity contribution < 1.29 is 4.79 Å². The average Bonchev–Trinajstić information content (AvgIpc) is 2.95. The van der Waals surface area contributed by atoms with Crippen LogP contribution in [0.3, 0.4) is 0 Å². The smallest absolute Gasteiger partial charge is 0.255 e. The molecule has 5 heteroatoms. The number of aryl methyl sites for hydroxylation is 2. The van der Waals surface area contributed by atoms with E-state index in [1.165, 1.54) is 36.9 Å². The molecule has 1 saturated heterocycles. The number of hydrogen-bond donors (Lipinski definition) is 1. The molecule has 1 atom stereocenters. The monoisotopic (exact) mass is 382 g/mol. The molecule has 2 aromatic rings. The lowest BCUT2D eigenvalue weighted by atomic mass is 10.0. The van der Waals surface area contributed by atoms with Crippen molar-refractivity contribution in [3.63, 3.8) is 0 Å². The van der Waals surface area contributed by atoms with Gasteiger partial charge in [0.05, 0.1) is 17.8 Å². The second-order valence-corrected chi connectivity index (χ2v) is 8.18. The molecule has 1 aromatic carbocycles. The number of amides is 1. The lowest BCUT2D eigenvalue weighted by Crippen LogP contribution is -2.39. The Hall–Kier alpha value is -2.14. The predicted molar refractivity (Wildman–Crippen MR) is 114 cm³/mol. The molecule has 1 aliphatic heterocycles. The minimum Gasteiger partial charge on any atom is -0.352 e. The summed E-state index contributed by atoms with van der Waals surface area (Å²) in [6, 6.07) is 9.13. The Balaban J connectivity index is 1.54. The summed E-state index contributed by atoms with van der Waals surface area (Å²) >= 11 is 0. The van der Waals surface area contributed by atoms with Crippen molar-refractivity contribution in [3.8, 4) is 0 Å². The quantitative estimate of drug-likeness (QED) is 0.740. The maximum Gasteiger partial charge on any atom is 0.255 e. The van der Waals surface area contributed by atoms with Crippen molar-refractivity contribution in [1.82, 2.24) is 20.0 Å². The topological polar surface area (TPSA) is 50.2 Å². The molecule has 1 aliphatic rings. The Morgan fingerprint density at radius 3 is 2.64 bits per heavy atom. The zero-order valence-electron chi connectivity index (χ0n) is 17.8. The lowest BCUT2D eigenvalue weighted by Gasteiger charge is -2.33. The first-order chi connectivity index (χ1) is 13.5. The minimum absolute atomic E-state index is 0.00292. The number of carbonyl (C=O) groups is 1. The summed E-state index contributed by atoms with van der Waals surface area (Å²) in [5, 5.41) is 7.71. The van der Waals surface area contributed by atoms with Crippen LogP contribution in [0, 0.1) is 20.8 Å². The molecular formula is C23H34N4O. The van der Waals surface area contributed by atoms with E-state index >= 15 is 0 Å². The SMILES string of the molecule is Cc1ccc(Cn2nc(C)c(C(=O)NCCCN3CCCC[C@@H]3C)c2C)cc1. The fourth-order valence-corrected chi connectivity index (χ4v) is 4.11. The van der Waals surface area contributed by atoms with Crippen LogP contribution in [-0.4, -0.2) is 46.3 Å². The number of piperidine rings is 1. The number of aromatic nitrogens is 2. The maximum atomic E-state index is 12.7. The molecule has 0 unspecified atom stereocenters. The van der Waals surface area contributed by atoms with Crippen molar-refractivity contribution in [2.45, 2.75) is 66.0 Å². The van der Waals surface area contributed by atoms with E-state index in [4.69, 9.17) is 0 Å². The zero-order valence-corrected chi connectivity index (χ0v) is 17.8. The van der Waals surface area contributed by atoms with Gasteiger partial charge in [0.25, 0.3) is 5.91 Å². The molecule has 1 amide bonds. The normalized spacial score (nSPS) is 17.6. The number of hydrogen-bond acceptors (Lipinski definition) is 3. The summed E-state index contributed by atoms with van der Waals surface area (Å²) in [5.41, 5.74) is 4.89. The molecule has 0 spiro atoms. The van der Waals surface area contributed by atoms with Gasteiger partial charge in [-0.15, -0.1) is 0 Å². The molecule has 1 aromatic heterocycles. The Kier molecular flexibility index (Phi) is 6.89. The first-order valence-corrected chi connectivity index (χ1v) is 10.6. The summed E-state index contributed by atoms with van der Waals surface area (Å²) in [7, 11) is 0. The van der Waals surface area contributed by atoms with Crippen LogP contribution in [-0.2, 0) is 6.54 Å². The minimum atomic E-state index is -0.00292. The molecule has 1 N–H and O–H groups in total. The second-order valence-electron chi connectivity index (χ2n) is 8.18. The van der Waals surface area contributed by atoms with Gasteiger partial charge in [0.2, 0.25) is 0 Å². The van der Waals surface area contributed by atoms with Crippen LogP contribution in [0.4, 0.5) is 0 Å². The molecule has 5 nitrogen and oxygen atoms in total. The van der Waals surface area contributed by atoms with Gasteiger partial charge in [0, 0.05) is 24.8 Å². The highest BCUT2D eigenvalue weighted by Crippen LogP contribution is 2.17. The van der Waals surface area contributed by atoms with E-state index in [9.17, 15) is 4.79 Å². The molecule has 28 heavy (non-hydrogen) atoms. The van der Waals surface area contributed by atoms with Gasteiger partial charge >= 0.3 is 0 Å². The van der Waals surface area contributed by atoms with E-state index < -0.39 is 0 Å². The molecule has 3 rings (SSSR count). The molecule has 0 saturated carbocycles. The van der Waals surface area contributed by atoms with Crippen LogP contribution in [0.25, 0.3) is 0 Å². The van der Waals surface area contributed by atoms with Gasteiger partial charge in [-0.25, -0.2) is 0 Å². The van der Waals surface area contributed by atoms with Crippen LogP contribution >= 0.6 is 0 Å². The molecule has 0 aliphatic carbocycles. The van der Waals surface area contributed by atoms with Crippen LogP contribution < -0.4 is 5.32 Å². The van der Waals surface area contributed by atoms with E-state index in [1.807, 2.05) is 18.5 Å². The number of rotatable bonds is 7. The summed E-state index contributed by atoms with van der Waals surface area (Å²) in [4.78, 5) is 15.3. The first-order valence-electron chi connectivity index (χ1n) is 10.6. The van der Waals surface area contributed by atoms with E-state index in [2.05, 4.69) is 53.4 Å². The van der Waals surface area contributed by atoms with Crippen LogP contribution in [0.1, 0.15) is 65.5 Å². The third kappa shape index (κ3) is 5.02. The summed E-state index contributed by atoms with van der Waals surface area (Å²) in [5.74, 6) is -0.00292. The van der Waals surface area contributed by atoms with Gasteiger partial charge < -0.3 is 10.2 Å². The van der Waals surface area contributed by atoms with Gasteiger partial charge in [0.15, 0.2) is 0 Å². The molecular weight excluding hydrogens is 348 g/mol. The van der Waals surface area contributed by atoms with E-state index in [-0.39, 0.29) is 5.91 Å². The van der Waals surface area contributed by atoms with E-state index in [0.717, 1.165) is 29.9 Å². The van der Waals surface area contributed by atoms with Crippen LogP contribution in [0.5, 0.6) is 0 Å². The highest BCUT2D eigenvalue weighted by Gasteiger charge is 2.20. The van der Waals surface area contributed by atoms with Crippen LogP contribution in [0.15, 0.2) is 24.3 Å². The highest BCUT2D eigenvalue weighted by atomic mass is 16.1. The maximum absolute atomic E-state index is 12.7. The second kappa shape index (κ2) is 9.37. The van der Waals surface area contributed by atoms with Crippen molar-refractivity contribution in [2.24, 2.45) is 0 Å². The third-order valence-corrected chi connectivity index (χ3v) is 5.91. The Morgan fingerprint density at radius 2 is 1.93 bits per heavy atom. The number of carbonyl (C=O) groups excluding carboxylic acids is 1. The third-order valence-electron chi connectivity index (χ3n) is 5.91. The number of benzene rings is 1.